The Morgan fingerprint density at radius 2 is 1.76 bits per heavy atom. The fourth-order valence-corrected chi connectivity index (χ4v) is 3.76. The lowest BCUT2D eigenvalue weighted by atomic mass is 9.98. The van der Waals surface area contributed by atoms with Crippen LogP contribution >= 0.6 is 0 Å². The van der Waals surface area contributed by atoms with E-state index in [0.717, 1.165) is 11.1 Å². The zero-order valence-corrected chi connectivity index (χ0v) is 15.1. The number of carboxylic acids is 1. The van der Waals surface area contributed by atoms with Gasteiger partial charge in [0.05, 0.1) is 5.92 Å². The Kier molecular flexibility index (Phi) is 4.73. The molecule has 1 aromatic rings. The summed E-state index contributed by atoms with van der Waals surface area (Å²) in [5.74, 6) is -1.18. The third-order valence-electron chi connectivity index (χ3n) is 4.87. The second kappa shape index (κ2) is 6.67. The number of nitrogens with zero attached hydrogens (tertiary/aromatic N) is 2. The van der Waals surface area contributed by atoms with Crippen LogP contribution in [-0.2, 0) is 16.0 Å². The maximum Gasteiger partial charge on any atom is 0.410 e. The highest BCUT2D eigenvalue weighted by Crippen LogP contribution is 2.40. The number of fused-ring (bicyclic) bond motifs is 1. The lowest BCUT2D eigenvalue weighted by Gasteiger charge is -2.39. The predicted molar refractivity (Wildman–Crippen MR) is 93.4 cm³/mol. The molecular weight excluding hydrogens is 320 g/mol. The molecule has 0 bridgehead atoms. The molecule has 2 aliphatic rings. The Bertz CT molecular complexity index is 660. The number of hydrogen-bond donors (Lipinski definition) is 1. The van der Waals surface area contributed by atoms with Crippen LogP contribution in [0.4, 0.5) is 4.79 Å². The summed E-state index contributed by atoms with van der Waals surface area (Å²) in [6, 6.07) is 7.85. The van der Waals surface area contributed by atoms with Crippen molar-refractivity contribution in [1.29, 1.82) is 0 Å². The van der Waals surface area contributed by atoms with Gasteiger partial charge in [-0.25, -0.2) is 4.79 Å². The van der Waals surface area contributed by atoms with Gasteiger partial charge in [0.2, 0.25) is 0 Å². The Morgan fingerprint density at radius 3 is 2.36 bits per heavy atom. The van der Waals surface area contributed by atoms with Gasteiger partial charge >= 0.3 is 12.1 Å². The van der Waals surface area contributed by atoms with E-state index in [-0.39, 0.29) is 12.1 Å². The van der Waals surface area contributed by atoms with E-state index in [1.165, 1.54) is 0 Å². The van der Waals surface area contributed by atoms with E-state index in [4.69, 9.17) is 4.74 Å². The lowest BCUT2D eigenvalue weighted by molar-refractivity contribution is -0.144. The third kappa shape index (κ3) is 3.79. The molecule has 6 nitrogen and oxygen atoms in total. The maximum atomic E-state index is 12.2. The van der Waals surface area contributed by atoms with Gasteiger partial charge < -0.3 is 14.7 Å². The second-order valence-corrected chi connectivity index (χ2v) is 7.80. The number of benzene rings is 1. The van der Waals surface area contributed by atoms with Crippen molar-refractivity contribution in [2.24, 2.45) is 5.92 Å². The molecule has 1 saturated heterocycles. The molecule has 0 aromatic heterocycles. The van der Waals surface area contributed by atoms with E-state index < -0.39 is 17.5 Å². The zero-order chi connectivity index (χ0) is 18.2. The standard InChI is InChI=1S/C19H26N2O4/c1-19(2,3)25-18(24)21-10-8-20(9-11-21)16-14-7-5-4-6-13(14)12-15(16)17(22)23/h4-7,15-16H,8-12H2,1-3H3,(H,22,23). The normalized spacial score (nSPS) is 24.0. The van der Waals surface area contributed by atoms with E-state index in [2.05, 4.69) is 4.90 Å². The largest absolute Gasteiger partial charge is 0.481 e. The first kappa shape index (κ1) is 17.7. The minimum absolute atomic E-state index is 0.116. The molecule has 25 heavy (non-hydrogen) atoms. The Morgan fingerprint density at radius 1 is 1.12 bits per heavy atom. The fraction of sp³-hybridized carbons (Fsp3) is 0.579. The summed E-state index contributed by atoms with van der Waals surface area (Å²) < 4.78 is 5.43. The molecule has 6 heteroatoms. The van der Waals surface area contributed by atoms with Crippen molar-refractivity contribution in [3.8, 4) is 0 Å². The molecule has 3 rings (SSSR count). The number of carboxylic acid groups (broad SMARTS) is 1. The van der Waals surface area contributed by atoms with E-state index in [1.807, 2.05) is 45.0 Å². The number of carbonyl (C=O) groups is 2. The molecule has 1 N–H and O–H groups in total. The average molecular weight is 346 g/mol. The summed E-state index contributed by atoms with van der Waals surface area (Å²) in [6.45, 7) is 7.99. The fourth-order valence-electron chi connectivity index (χ4n) is 3.76. The van der Waals surface area contributed by atoms with Crippen LogP contribution in [0.5, 0.6) is 0 Å². The average Bonchev–Trinajstić information content (AvgIpc) is 2.93. The molecule has 1 aliphatic heterocycles. The summed E-state index contributed by atoms with van der Waals surface area (Å²) in [7, 11) is 0. The number of rotatable bonds is 2. The van der Waals surface area contributed by atoms with Crippen molar-refractivity contribution in [3.63, 3.8) is 0 Å². The van der Waals surface area contributed by atoms with Crippen molar-refractivity contribution < 1.29 is 19.4 Å². The van der Waals surface area contributed by atoms with E-state index in [9.17, 15) is 14.7 Å². The number of aliphatic carboxylic acids is 1. The molecule has 2 unspecified atom stereocenters. The SMILES string of the molecule is CC(C)(C)OC(=O)N1CCN(C2c3ccccc3CC2C(=O)O)CC1. The number of carbonyl (C=O) groups excluding carboxylic acids is 1. The van der Waals surface area contributed by atoms with Gasteiger partial charge in [0, 0.05) is 32.2 Å². The molecule has 1 heterocycles. The number of hydrogen-bond acceptors (Lipinski definition) is 4. The minimum Gasteiger partial charge on any atom is -0.481 e. The summed E-state index contributed by atoms with van der Waals surface area (Å²) in [5.41, 5.74) is 1.72. The summed E-state index contributed by atoms with van der Waals surface area (Å²) in [4.78, 5) is 27.9. The summed E-state index contributed by atoms with van der Waals surface area (Å²) in [5, 5.41) is 9.64. The summed E-state index contributed by atoms with van der Waals surface area (Å²) >= 11 is 0. The highest BCUT2D eigenvalue weighted by Gasteiger charge is 2.41. The van der Waals surface area contributed by atoms with Crippen molar-refractivity contribution in [3.05, 3.63) is 35.4 Å². The highest BCUT2D eigenvalue weighted by atomic mass is 16.6. The van der Waals surface area contributed by atoms with Crippen LogP contribution in [0.3, 0.4) is 0 Å². The van der Waals surface area contributed by atoms with Crippen molar-refractivity contribution in [1.82, 2.24) is 9.80 Å². The molecule has 1 aromatic carbocycles. The first-order chi connectivity index (χ1) is 11.8. The quantitative estimate of drug-likeness (QED) is 0.891. The van der Waals surface area contributed by atoms with Crippen LogP contribution in [0.1, 0.15) is 37.9 Å². The van der Waals surface area contributed by atoms with Crippen LogP contribution in [-0.4, -0.2) is 58.7 Å². The van der Waals surface area contributed by atoms with Gasteiger partial charge in [-0.2, -0.15) is 0 Å². The van der Waals surface area contributed by atoms with Gasteiger partial charge in [-0.15, -0.1) is 0 Å². The monoisotopic (exact) mass is 346 g/mol. The van der Waals surface area contributed by atoms with Crippen molar-refractivity contribution in [2.45, 2.75) is 38.8 Å². The molecule has 1 amide bonds. The molecule has 0 spiro atoms. The zero-order valence-electron chi connectivity index (χ0n) is 15.1. The van der Waals surface area contributed by atoms with Crippen molar-refractivity contribution >= 4 is 12.1 Å². The second-order valence-electron chi connectivity index (χ2n) is 7.80. The molecule has 1 fully saturated rings. The minimum atomic E-state index is -0.754. The smallest absolute Gasteiger partial charge is 0.410 e. The van der Waals surface area contributed by atoms with Gasteiger partial charge in [0.15, 0.2) is 0 Å². The predicted octanol–water partition coefficient (Wildman–Crippen LogP) is 2.54. The van der Waals surface area contributed by atoms with Crippen LogP contribution in [0.15, 0.2) is 24.3 Å². The molecule has 2 atom stereocenters. The van der Waals surface area contributed by atoms with Gasteiger partial charge in [-0.1, -0.05) is 24.3 Å². The Hall–Kier alpha value is -2.08. The van der Waals surface area contributed by atoms with Crippen LogP contribution < -0.4 is 0 Å². The molecular formula is C19H26N2O4. The molecule has 0 radical (unpaired) electrons. The van der Waals surface area contributed by atoms with Gasteiger partial charge in [0.1, 0.15) is 5.60 Å². The van der Waals surface area contributed by atoms with Crippen molar-refractivity contribution in [2.75, 3.05) is 26.2 Å². The number of amides is 1. The van der Waals surface area contributed by atoms with Gasteiger partial charge in [-0.3, -0.25) is 9.69 Å². The topological polar surface area (TPSA) is 70.1 Å². The summed E-state index contributed by atoms with van der Waals surface area (Å²) in [6.07, 6.45) is 0.274. The van der Waals surface area contributed by atoms with Gasteiger partial charge in [0.25, 0.3) is 0 Å². The molecule has 0 saturated carbocycles. The highest BCUT2D eigenvalue weighted by molar-refractivity contribution is 5.73. The van der Waals surface area contributed by atoms with Gasteiger partial charge in [-0.05, 0) is 38.3 Å². The number of ether oxygens (including phenoxy) is 1. The first-order valence-electron chi connectivity index (χ1n) is 8.79. The Balaban J connectivity index is 1.69. The maximum absolute atomic E-state index is 12.2. The molecule has 1 aliphatic carbocycles. The third-order valence-corrected chi connectivity index (χ3v) is 4.87. The van der Waals surface area contributed by atoms with Crippen LogP contribution in [0.25, 0.3) is 0 Å². The number of piperazine rings is 1. The van der Waals surface area contributed by atoms with E-state index in [1.54, 1.807) is 4.90 Å². The van der Waals surface area contributed by atoms with Crippen LogP contribution in [0.2, 0.25) is 0 Å². The van der Waals surface area contributed by atoms with E-state index >= 15 is 0 Å². The van der Waals surface area contributed by atoms with Crippen LogP contribution in [0, 0.1) is 5.92 Å². The first-order valence-corrected chi connectivity index (χ1v) is 8.79. The molecule has 136 valence electrons. The van der Waals surface area contributed by atoms with E-state index in [0.29, 0.717) is 32.6 Å². The Labute approximate surface area is 148 Å². The lowest BCUT2D eigenvalue weighted by Crippen LogP contribution is -2.51.